The second-order valence-electron chi connectivity index (χ2n) is 4.68. The molecule has 1 fully saturated rings. The van der Waals surface area contributed by atoms with Crippen molar-refractivity contribution >= 4 is 11.9 Å². The first-order valence-corrected chi connectivity index (χ1v) is 5.96. The monoisotopic (exact) mass is 265 g/mol. The van der Waals surface area contributed by atoms with E-state index in [1.165, 1.54) is 17.0 Å². The van der Waals surface area contributed by atoms with Crippen molar-refractivity contribution in [3.63, 3.8) is 0 Å². The summed E-state index contributed by atoms with van der Waals surface area (Å²) < 4.78 is 0. The molecule has 19 heavy (non-hydrogen) atoms. The third kappa shape index (κ3) is 2.68. The Hall–Kier alpha value is -2.08. The normalized spacial score (nSPS) is 18.1. The van der Waals surface area contributed by atoms with Gasteiger partial charge in [0.05, 0.1) is 0 Å². The van der Waals surface area contributed by atoms with Gasteiger partial charge in [0.1, 0.15) is 5.75 Å². The maximum absolute atomic E-state index is 12.1. The SMILES string of the molecule is O=C(c1cccc(O)c1)N1CCC(O)(C(=O)O)CC1. The molecule has 6 heteroatoms. The third-order valence-corrected chi connectivity index (χ3v) is 3.37. The lowest BCUT2D eigenvalue weighted by Gasteiger charge is -2.35. The van der Waals surface area contributed by atoms with E-state index in [9.17, 15) is 19.8 Å². The number of amides is 1. The molecule has 102 valence electrons. The number of carboxylic acid groups (broad SMARTS) is 1. The number of aliphatic hydroxyl groups is 1. The summed E-state index contributed by atoms with van der Waals surface area (Å²) in [6.45, 7) is 0.356. The van der Waals surface area contributed by atoms with Gasteiger partial charge in [-0.2, -0.15) is 0 Å². The molecule has 1 aliphatic rings. The summed E-state index contributed by atoms with van der Waals surface area (Å²) in [7, 11) is 0. The van der Waals surface area contributed by atoms with Crippen LogP contribution < -0.4 is 0 Å². The summed E-state index contributed by atoms with van der Waals surface area (Å²) in [5.74, 6) is -1.52. The van der Waals surface area contributed by atoms with Crippen molar-refractivity contribution in [3.8, 4) is 5.75 Å². The number of carboxylic acids is 1. The number of hydrogen-bond donors (Lipinski definition) is 3. The van der Waals surface area contributed by atoms with Gasteiger partial charge < -0.3 is 20.2 Å². The Kier molecular flexibility index (Phi) is 3.44. The number of hydrogen-bond acceptors (Lipinski definition) is 4. The lowest BCUT2D eigenvalue weighted by atomic mass is 9.91. The number of nitrogens with zero attached hydrogens (tertiary/aromatic N) is 1. The second kappa shape index (κ2) is 4.89. The number of carbonyl (C=O) groups is 2. The fourth-order valence-corrected chi connectivity index (χ4v) is 2.12. The predicted octanol–water partition coefficient (Wildman–Crippen LogP) is 0.444. The van der Waals surface area contributed by atoms with Crippen LogP contribution in [-0.2, 0) is 4.79 Å². The van der Waals surface area contributed by atoms with Crippen LogP contribution in [0.2, 0.25) is 0 Å². The maximum Gasteiger partial charge on any atom is 0.335 e. The Morgan fingerprint density at radius 3 is 2.37 bits per heavy atom. The first kappa shape index (κ1) is 13.4. The molecule has 1 aromatic carbocycles. The molecule has 2 rings (SSSR count). The first-order chi connectivity index (χ1) is 8.92. The zero-order valence-electron chi connectivity index (χ0n) is 10.2. The molecule has 3 N–H and O–H groups in total. The third-order valence-electron chi connectivity index (χ3n) is 3.37. The maximum atomic E-state index is 12.1. The van der Waals surface area contributed by atoms with Crippen LogP contribution in [0.3, 0.4) is 0 Å². The highest BCUT2D eigenvalue weighted by atomic mass is 16.4. The minimum Gasteiger partial charge on any atom is -0.508 e. The van der Waals surface area contributed by atoms with Gasteiger partial charge in [0.25, 0.3) is 5.91 Å². The molecule has 1 amide bonds. The molecule has 0 radical (unpaired) electrons. The van der Waals surface area contributed by atoms with Crippen molar-refractivity contribution in [2.24, 2.45) is 0 Å². The number of rotatable bonds is 2. The summed E-state index contributed by atoms with van der Waals surface area (Å²) in [4.78, 5) is 24.5. The average Bonchev–Trinajstić information content (AvgIpc) is 2.38. The van der Waals surface area contributed by atoms with Gasteiger partial charge in [-0.1, -0.05) is 6.07 Å². The number of aliphatic carboxylic acids is 1. The number of benzene rings is 1. The molecule has 0 unspecified atom stereocenters. The number of phenols is 1. The zero-order valence-corrected chi connectivity index (χ0v) is 10.2. The summed E-state index contributed by atoms with van der Waals surface area (Å²) in [6.07, 6.45) is 0.0137. The van der Waals surface area contributed by atoms with Crippen molar-refractivity contribution in [2.75, 3.05) is 13.1 Å². The fourth-order valence-electron chi connectivity index (χ4n) is 2.12. The topological polar surface area (TPSA) is 98.1 Å². The van der Waals surface area contributed by atoms with Crippen molar-refractivity contribution in [3.05, 3.63) is 29.8 Å². The van der Waals surface area contributed by atoms with E-state index >= 15 is 0 Å². The fraction of sp³-hybridized carbons (Fsp3) is 0.385. The molecule has 0 bridgehead atoms. The van der Waals surface area contributed by atoms with Gasteiger partial charge in [-0.15, -0.1) is 0 Å². The number of likely N-dealkylation sites (tertiary alicyclic amines) is 1. The molecule has 0 aromatic heterocycles. The van der Waals surface area contributed by atoms with E-state index in [0.717, 1.165) is 0 Å². The number of carbonyl (C=O) groups excluding carboxylic acids is 1. The van der Waals surface area contributed by atoms with Gasteiger partial charge in [0.2, 0.25) is 0 Å². The summed E-state index contributed by atoms with van der Waals surface area (Å²) >= 11 is 0. The molecular weight excluding hydrogens is 250 g/mol. The Labute approximate surface area is 109 Å². The lowest BCUT2D eigenvalue weighted by Crippen LogP contribution is -2.50. The van der Waals surface area contributed by atoms with Gasteiger partial charge >= 0.3 is 5.97 Å². The Bertz CT molecular complexity index is 506. The van der Waals surface area contributed by atoms with Crippen LogP contribution >= 0.6 is 0 Å². The number of phenolic OH excluding ortho intramolecular Hbond substituents is 1. The summed E-state index contributed by atoms with van der Waals surface area (Å²) in [5.41, 5.74) is -1.39. The Morgan fingerprint density at radius 2 is 1.84 bits per heavy atom. The van der Waals surface area contributed by atoms with Crippen LogP contribution in [0.15, 0.2) is 24.3 Å². The first-order valence-electron chi connectivity index (χ1n) is 5.96. The largest absolute Gasteiger partial charge is 0.508 e. The molecule has 1 aromatic rings. The van der Waals surface area contributed by atoms with Crippen LogP contribution in [0.4, 0.5) is 0 Å². The summed E-state index contributed by atoms with van der Waals surface area (Å²) in [5, 5.41) is 28.0. The van der Waals surface area contributed by atoms with E-state index in [1.54, 1.807) is 12.1 Å². The van der Waals surface area contributed by atoms with Gasteiger partial charge in [-0.3, -0.25) is 4.79 Å². The molecular formula is C13H15NO5. The molecule has 1 aliphatic heterocycles. The van der Waals surface area contributed by atoms with E-state index in [1.807, 2.05) is 0 Å². The standard InChI is InChI=1S/C13H15NO5/c15-10-3-1-2-9(8-10)11(16)14-6-4-13(19,5-7-14)12(17)18/h1-3,8,15,19H,4-7H2,(H,17,18). The highest BCUT2D eigenvalue weighted by Gasteiger charge is 2.40. The smallest absolute Gasteiger partial charge is 0.335 e. The van der Waals surface area contributed by atoms with E-state index in [-0.39, 0.29) is 37.6 Å². The lowest BCUT2D eigenvalue weighted by molar-refractivity contribution is -0.162. The van der Waals surface area contributed by atoms with E-state index in [2.05, 4.69) is 0 Å². The predicted molar refractivity (Wildman–Crippen MR) is 65.8 cm³/mol. The van der Waals surface area contributed by atoms with Crippen LogP contribution in [0.25, 0.3) is 0 Å². The quantitative estimate of drug-likeness (QED) is 0.721. The Morgan fingerprint density at radius 1 is 1.21 bits per heavy atom. The number of piperidine rings is 1. The molecule has 0 aliphatic carbocycles. The van der Waals surface area contributed by atoms with Gasteiger partial charge in [0.15, 0.2) is 5.60 Å². The number of aromatic hydroxyl groups is 1. The van der Waals surface area contributed by atoms with Crippen LogP contribution in [0, 0.1) is 0 Å². The van der Waals surface area contributed by atoms with Gasteiger partial charge in [-0.05, 0) is 18.2 Å². The van der Waals surface area contributed by atoms with Crippen LogP contribution in [-0.4, -0.2) is 50.8 Å². The molecule has 0 atom stereocenters. The molecule has 1 saturated heterocycles. The van der Waals surface area contributed by atoms with Crippen molar-refractivity contribution < 1.29 is 24.9 Å². The van der Waals surface area contributed by atoms with Crippen molar-refractivity contribution in [1.82, 2.24) is 4.90 Å². The molecule has 1 heterocycles. The Balaban J connectivity index is 2.06. The van der Waals surface area contributed by atoms with E-state index in [0.29, 0.717) is 5.56 Å². The zero-order chi connectivity index (χ0) is 14.0. The highest BCUT2D eigenvalue weighted by molar-refractivity contribution is 5.94. The highest BCUT2D eigenvalue weighted by Crippen LogP contribution is 2.24. The summed E-state index contributed by atoms with van der Waals surface area (Å²) in [6, 6.07) is 5.98. The van der Waals surface area contributed by atoms with Crippen LogP contribution in [0.1, 0.15) is 23.2 Å². The minimum atomic E-state index is -1.74. The molecule has 0 saturated carbocycles. The van der Waals surface area contributed by atoms with Crippen molar-refractivity contribution in [1.29, 1.82) is 0 Å². The van der Waals surface area contributed by atoms with E-state index < -0.39 is 11.6 Å². The molecule has 6 nitrogen and oxygen atoms in total. The van der Waals surface area contributed by atoms with Crippen molar-refractivity contribution in [2.45, 2.75) is 18.4 Å². The minimum absolute atomic E-state index is 0.00454. The second-order valence-corrected chi connectivity index (χ2v) is 4.68. The van der Waals surface area contributed by atoms with E-state index in [4.69, 9.17) is 5.11 Å². The average molecular weight is 265 g/mol. The molecule has 0 spiro atoms. The van der Waals surface area contributed by atoms with Gasteiger partial charge in [0, 0.05) is 31.5 Å². The van der Waals surface area contributed by atoms with Crippen LogP contribution in [0.5, 0.6) is 5.75 Å². The van der Waals surface area contributed by atoms with Gasteiger partial charge in [-0.25, -0.2) is 4.79 Å².